The Morgan fingerprint density at radius 2 is 1.82 bits per heavy atom. The molecule has 2 N–H and O–H groups in total. The van der Waals surface area contributed by atoms with Crippen LogP contribution in [0.4, 0.5) is 19.1 Å². The Morgan fingerprint density at radius 1 is 1.09 bits per heavy atom. The monoisotopic (exact) mass is 470 g/mol. The summed E-state index contributed by atoms with van der Waals surface area (Å²) < 4.78 is 40.1. The number of benzene rings is 1. The number of halogens is 3. The van der Waals surface area contributed by atoms with Crippen LogP contribution in [0.3, 0.4) is 0 Å². The Balaban J connectivity index is 1.49. The maximum absolute atomic E-state index is 13.5. The Bertz CT molecular complexity index is 1170. The average Bonchev–Trinajstić information content (AvgIpc) is 3.21. The van der Waals surface area contributed by atoms with Gasteiger partial charge in [0.15, 0.2) is 0 Å². The summed E-state index contributed by atoms with van der Waals surface area (Å²) in [5.74, 6) is -2.13. The van der Waals surface area contributed by atoms with E-state index in [2.05, 4.69) is 30.6 Å². The van der Waals surface area contributed by atoms with Gasteiger partial charge in [0.1, 0.15) is 11.6 Å². The third kappa shape index (κ3) is 4.85. The van der Waals surface area contributed by atoms with E-state index < -0.39 is 24.2 Å². The number of nitrogens with zero attached hydrogens (tertiary/aromatic N) is 4. The third-order valence-corrected chi connectivity index (χ3v) is 6.19. The number of hydrogen-bond donors (Lipinski definition) is 2. The summed E-state index contributed by atoms with van der Waals surface area (Å²) >= 11 is 0. The molecule has 10 heteroatoms. The van der Waals surface area contributed by atoms with Crippen LogP contribution in [0, 0.1) is 24.6 Å². The molecule has 1 aliphatic rings. The van der Waals surface area contributed by atoms with Crippen LogP contribution in [0.25, 0.3) is 11.1 Å². The second kappa shape index (κ2) is 9.74. The Kier molecular flexibility index (Phi) is 6.76. The first kappa shape index (κ1) is 23.6. The zero-order valence-corrected chi connectivity index (χ0v) is 19.0. The first-order valence-electron chi connectivity index (χ1n) is 11.0. The van der Waals surface area contributed by atoms with Crippen LogP contribution in [0.5, 0.6) is 0 Å². The summed E-state index contributed by atoms with van der Waals surface area (Å²) in [6.45, 7) is 5.15. The first-order valence-corrected chi connectivity index (χ1v) is 11.0. The van der Waals surface area contributed by atoms with Crippen LogP contribution in [0.2, 0.25) is 0 Å². The molecule has 1 fully saturated rings. The minimum absolute atomic E-state index is 0.186. The van der Waals surface area contributed by atoms with Crippen molar-refractivity contribution < 1.29 is 18.0 Å². The highest BCUT2D eigenvalue weighted by atomic mass is 19.3. The highest BCUT2D eigenvalue weighted by Crippen LogP contribution is 2.36. The van der Waals surface area contributed by atoms with Gasteiger partial charge in [0.25, 0.3) is 0 Å². The highest BCUT2D eigenvalue weighted by molar-refractivity contribution is 5.85. The van der Waals surface area contributed by atoms with Crippen molar-refractivity contribution in [2.24, 2.45) is 11.8 Å². The molecule has 3 aromatic rings. The van der Waals surface area contributed by atoms with Crippen LogP contribution >= 0.6 is 0 Å². The molecule has 1 amide bonds. The average molecular weight is 470 g/mol. The number of carbonyl (C=O) groups excluding carboxylic acids is 1. The van der Waals surface area contributed by atoms with Crippen molar-refractivity contribution in [3.05, 3.63) is 65.8 Å². The van der Waals surface area contributed by atoms with E-state index in [1.165, 1.54) is 19.2 Å². The zero-order valence-electron chi connectivity index (χ0n) is 19.0. The quantitative estimate of drug-likeness (QED) is 0.535. The van der Waals surface area contributed by atoms with Crippen LogP contribution < -0.4 is 10.6 Å². The molecule has 34 heavy (non-hydrogen) atoms. The summed E-state index contributed by atoms with van der Waals surface area (Å²) in [6.07, 6.45) is 2.28. The van der Waals surface area contributed by atoms with Gasteiger partial charge >= 0.3 is 0 Å². The molecule has 4 atom stereocenters. The van der Waals surface area contributed by atoms with E-state index >= 15 is 0 Å². The van der Waals surface area contributed by atoms with Gasteiger partial charge in [-0.15, -0.1) is 0 Å². The molecule has 0 radical (unpaired) electrons. The van der Waals surface area contributed by atoms with Crippen molar-refractivity contribution in [2.45, 2.75) is 39.2 Å². The van der Waals surface area contributed by atoms with Crippen LogP contribution in [-0.2, 0) is 4.79 Å². The summed E-state index contributed by atoms with van der Waals surface area (Å²) in [5, 5.41) is 5.77. The van der Waals surface area contributed by atoms with Gasteiger partial charge in [-0.1, -0.05) is 13.0 Å². The summed E-state index contributed by atoms with van der Waals surface area (Å²) in [4.78, 5) is 29.8. The Labute approximate surface area is 195 Å². The van der Waals surface area contributed by atoms with Crippen molar-refractivity contribution in [1.82, 2.24) is 25.3 Å². The number of rotatable bonds is 7. The zero-order chi connectivity index (χ0) is 24.4. The SMILES string of the molecule is Cc1cc(-c2cnc([C@@H](C)Nc3nccc([C@H]4C(=O)NCC4[C@@H](C)C(F)F)n3)nc2)ccc1F. The van der Waals surface area contributed by atoms with E-state index in [-0.39, 0.29) is 30.3 Å². The Hall–Kier alpha value is -3.56. The number of carbonyl (C=O) groups is 1. The van der Waals surface area contributed by atoms with Gasteiger partial charge < -0.3 is 10.6 Å². The molecule has 178 valence electrons. The third-order valence-electron chi connectivity index (χ3n) is 6.19. The predicted octanol–water partition coefficient (Wildman–Crippen LogP) is 4.29. The predicted molar refractivity (Wildman–Crippen MR) is 121 cm³/mol. The van der Waals surface area contributed by atoms with Crippen molar-refractivity contribution in [3.8, 4) is 11.1 Å². The van der Waals surface area contributed by atoms with Gasteiger partial charge in [-0.3, -0.25) is 4.79 Å². The summed E-state index contributed by atoms with van der Waals surface area (Å²) in [6, 6.07) is 6.02. The fourth-order valence-corrected chi connectivity index (χ4v) is 4.08. The molecular formula is C24H25F3N6O. The van der Waals surface area contributed by atoms with Crippen molar-refractivity contribution in [2.75, 3.05) is 11.9 Å². The molecule has 1 aliphatic heterocycles. The molecule has 0 bridgehead atoms. The molecule has 1 aromatic carbocycles. The number of nitrogens with one attached hydrogen (secondary N) is 2. The highest BCUT2D eigenvalue weighted by Gasteiger charge is 2.42. The fraction of sp³-hybridized carbons (Fsp3) is 0.375. The number of anilines is 1. The molecule has 1 saturated heterocycles. The standard InChI is InChI=1S/C24H25F3N6O/c1-12-8-15(4-5-18(12)25)16-9-29-22(30-10-16)14(3)32-24-28-7-6-19(33-24)20-17(11-31-23(20)34)13(2)21(26)27/h4-10,13-14,17,20-21H,11H2,1-3H3,(H,31,34)(H,28,32,33)/t13-,14-,17?,20+/m1/s1. The molecule has 0 spiro atoms. The van der Waals surface area contributed by atoms with E-state index in [4.69, 9.17) is 0 Å². The summed E-state index contributed by atoms with van der Waals surface area (Å²) in [7, 11) is 0. The van der Waals surface area contributed by atoms with E-state index in [0.29, 0.717) is 17.1 Å². The largest absolute Gasteiger partial charge is 0.355 e. The number of aryl methyl sites for hydroxylation is 1. The number of alkyl halides is 2. The lowest BCUT2D eigenvalue weighted by atomic mass is 9.83. The smallest absolute Gasteiger partial charge is 0.241 e. The lowest BCUT2D eigenvalue weighted by Crippen LogP contribution is -2.26. The lowest BCUT2D eigenvalue weighted by Gasteiger charge is -2.22. The number of aromatic nitrogens is 4. The topological polar surface area (TPSA) is 92.7 Å². The van der Waals surface area contributed by atoms with Gasteiger partial charge in [-0.2, -0.15) is 0 Å². The maximum Gasteiger partial charge on any atom is 0.241 e. The maximum atomic E-state index is 13.5. The van der Waals surface area contributed by atoms with Crippen molar-refractivity contribution in [3.63, 3.8) is 0 Å². The molecule has 2 aromatic heterocycles. The second-order valence-electron chi connectivity index (χ2n) is 8.55. The molecule has 0 aliphatic carbocycles. The van der Waals surface area contributed by atoms with E-state index in [1.807, 2.05) is 6.92 Å². The molecule has 1 unspecified atom stereocenters. The van der Waals surface area contributed by atoms with Crippen LogP contribution in [0.15, 0.2) is 42.9 Å². The van der Waals surface area contributed by atoms with E-state index in [9.17, 15) is 18.0 Å². The molecule has 4 rings (SSSR count). The van der Waals surface area contributed by atoms with Gasteiger partial charge in [-0.25, -0.2) is 33.1 Å². The van der Waals surface area contributed by atoms with Gasteiger partial charge in [-0.05, 0) is 43.2 Å². The Morgan fingerprint density at radius 3 is 2.50 bits per heavy atom. The first-order chi connectivity index (χ1) is 16.2. The minimum Gasteiger partial charge on any atom is -0.355 e. The fourth-order valence-electron chi connectivity index (χ4n) is 4.08. The second-order valence-corrected chi connectivity index (χ2v) is 8.55. The van der Waals surface area contributed by atoms with Gasteiger partial charge in [0.2, 0.25) is 18.3 Å². The number of amides is 1. The summed E-state index contributed by atoms with van der Waals surface area (Å²) in [5.41, 5.74) is 2.49. The van der Waals surface area contributed by atoms with E-state index in [0.717, 1.165) is 11.1 Å². The molecule has 7 nitrogen and oxygen atoms in total. The number of hydrogen-bond acceptors (Lipinski definition) is 6. The van der Waals surface area contributed by atoms with Gasteiger partial charge in [0, 0.05) is 42.5 Å². The van der Waals surface area contributed by atoms with Crippen LogP contribution in [0.1, 0.15) is 42.9 Å². The van der Waals surface area contributed by atoms with Crippen molar-refractivity contribution in [1.29, 1.82) is 0 Å². The van der Waals surface area contributed by atoms with E-state index in [1.54, 1.807) is 37.5 Å². The molecule has 0 saturated carbocycles. The normalized spacial score (nSPS) is 19.7. The molecular weight excluding hydrogens is 445 g/mol. The van der Waals surface area contributed by atoms with Gasteiger partial charge in [0.05, 0.1) is 17.7 Å². The molecule has 3 heterocycles. The lowest BCUT2D eigenvalue weighted by molar-refractivity contribution is -0.121. The van der Waals surface area contributed by atoms with Crippen molar-refractivity contribution >= 4 is 11.9 Å². The van der Waals surface area contributed by atoms with Crippen LogP contribution in [-0.4, -0.2) is 38.8 Å². The minimum atomic E-state index is -2.53.